The fourth-order valence-electron chi connectivity index (χ4n) is 1.65. The molecule has 0 radical (unpaired) electrons. The maximum atomic E-state index is 13.1. The second kappa shape index (κ2) is 5.37. The Morgan fingerprint density at radius 2 is 1.86 bits per heavy atom. The molecular formula is C12H10FN3O4S. The lowest BCUT2D eigenvalue weighted by atomic mass is 10.3. The van der Waals surface area contributed by atoms with Crippen molar-refractivity contribution in [3.63, 3.8) is 0 Å². The summed E-state index contributed by atoms with van der Waals surface area (Å²) in [5, 5.41) is 10.9. The number of nitrogens with one attached hydrogen (secondary N) is 1. The van der Waals surface area contributed by atoms with Crippen LogP contribution in [-0.2, 0) is 10.0 Å². The smallest absolute Gasteiger partial charge is 0.289 e. The van der Waals surface area contributed by atoms with Gasteiger partial charge < -0.3 is 5.73 Å². The van der Waals surface area contributed by atoms with E-state index in [1.165, 1.54) is 18.2 Å². The van der Waals surface area contributed by atoms with Crippen LogP contribution in [0.4, 0.5) is 21.5 Å². The van der Waals surface area contributed by atoms with Gasteiger partial charge in [-0.15, -0.1) is 0 Å². The van der Waals surface area contributed by atoms with Gasteiger partial charge in [0.25, 0.3) is 15.7 Å². The number of sulfonamides is 1. The normalized spacial score (nSPS) is 11.1. The predicted octanol–water partition coefficient (Wildman–Crippen LogP) is 2.12. The highest BCUT2D eigenvalue weighted by Crippen LogP contribution is 2.27. The van der Waals surface area contributed by atoms with Gasteiger partial charge in [-0.3, -0.25) is 14.8 Å². The number of halogens is 1. The number of nitrogens with zero attached hydrogens (tertiary/aromatic N) is 1. The summed E-state index contributed by atoms with van der Waals surface area (Å²) in [6.07, 6.45) is 0. The zero-order chi connectivity index (χ0) is 15.6. The first kappa shape index (κ1) is 14.7. The summed E-state index contributed by atoms with van der Waals surface area (Å²) in [6.45, 7) is 0. The molecule has 0 unspecified atom stereocenters. The van der Waals surface area contributed by atoms with Crippen LogP contribution in [0.15, 0.2) is 47.4 Å². The quantitative estimate of drug-likeness (QED) is 0.510. The van der Waals surface area contributed by atoms with E-state index >= 15 is 0 Å². The lowest BCUT2D eigenvalue weighted by molar-refractivity contribution is -0.387. The van der Waals surface area contributed by atoms with Gasteiger partial charge in [0.15, 0.2) is 4.90 Å². The summed E-state index contributed by atoms with van der Waals surface area (Å²) in [5.74, 6) is -0.690. The van der Waals surface area contributed by atoms with E-state index in [9.17, 15) is 22.9 Å². The molecule has 0 aliphatic rings. The Balaban J connectivity index is 2.49. The van der Waals surface area contributed by atoms with Gasteiger partial charge in [0.1, 0.15) is 5.82 Å². The van der Waals surface area contributed by atoms with Crippen LogP contribution in [-0.4, -0.2) is 13.3 Å². The number of nitro benzene ring substituents is 1. The molecule has 2 rings (SSSR count). The summed E-state index contributed by atoms with van der Waals surface area (Å²) in [4.78, 5) is 9.53. The summed E-state index contributed by atoms with van der Waals surface area (Å²) in [5.41, 5.74) is 4.77. The first-order valence-corrected chi connectivity index (χ1v) is 7.11. The lowest BCUT2D eigenvalue weighted by Gasteiger charge is -2.10. The van der Waals surface area contributed by atoms with Crippen LogP contribution in [0.25, 0.3) is 0 Å². The Labute approximate surface area is 119 Å². The number of benzene rings is 2. The summed E-state index contributed by atoms with van der Waals surface area (Å²) in [7, 11) is -4.27. The maximum absolute atomic E-state index is 13.1. The second-order valence-electron chi connectivity index (χ2n) is 4.06. The average molecular weight is 311 g/mol. The molecule has 0 spiro atoms. The number of rotatable bonds is 4. The summed E-state index contributed by atoms with van der Waals surface area (Å²) in [6, 6.07) is 7.97. The van der Waals surface area contributed by atoms with Gasteiger partial charge in [-0.05, 0) is 18.2 Å². The number of hydrogen-bond acceptors (Lipinski definition) is 5. The Bertz CT molecular complexity index is 808. The van der Waals surface area contributed by atoms with Crippen molar-refractivity contribution in [2.45, 2.75) is 4.90 Å². The number of nitrogens with two attached hydrogens (primary N) is 1. The summed E-state index contributed by atoms with van der Waals surface area (Å²) >= 11 is 0. The van der Waals surface area contributed by atoms with E-state index in [1.54, 1.807) is 0 Å². The van der Waals surface area contributed by atoms with Crippen LogP contribution in [0.2, 0.25) is 0 Å². The molecular weight excluding hydrogens is 301 g/mol. The first-order valence-electron chi connectivity index (χ1n) is 5.62. The molecule has 0 fully saturated rings. The van der Waals surface area contributed by atoms with Gasteiger partial charge in [-0.25, -0.2) is 12.8 Å². The summed E-state index contributed by atoms with van der Waals surface area (Å²) < 4.78 is 39.6. The highest BCUT2D eigenvalue weighted by atomic mass is 32.2. The van der Waals surface area contributed by atoms with Crippen molar-refractivity contribution in [2.24, 2.45) is 0 Å². The number of para-hydroxylation sites is 1. The molecule has 2 aromatic carbocycles. The van der Waals surface area contributed by atoms with Crippen molar-refractivity contribution in [2.75, 3.05) is 10.5 Å². The molecule has 0 saturated carbocycles. The third-order valence-corrected chi connectivity index (χ3v) is 4.02. The monoisotopic (exact) mass is 311 g/mol. The Morgan fingerprint density at radius 1 is 1.19 bits per heavy atom. The van der Waals surface area contributed by atoms with Crippen molar-refractivity contribution < 1.29 is 17.7 Å². The largest absolute Gasteiger partial charge is 0.397 e. The van der Waals surface area contributed by atoms with Gasteiger partial charge in [-0.1, -0.05) is 12.1 Å². The van der Waals surface area contributed by atoms with E-state index in [4.69, 9.17) is 5.73 Å². The molecule has 0 saturated heterocycles. The van der Waals surface area contributed by atoms with Crippen molar-refractivity contribution in [1.29, 1.82) is 0 Å². The van der Waals surface area contributed by atoms with Crippen LogP contribution < -0.4 is 10.5 Å². The Morgan fingerprint density at radius 3 is 2.52 bits per heavy atom. The highest BCUT2D eigenvalue weighted by molar-refractivity contribution is 7.92. The maximum Gasteiger partial charge on any atom is 0.289 e. The van der Waals surface area contributed by atoms with Crippen molar-refractivity contribution in [1.82, 2.24) is 0 Å². The third-order valence-electron chi connectivity index (χ3n) is 2.61. The number of hydrogen-bond donors (Lipinski definition) is 2. The molecule has 0 aliphatic carbocycles. The topological polar surface area (TPSA) is 115 Å². The van der Waals surface area contributed by atoms with E-state index in [2.05, 4.69) is 0 Å². The van der Waals surface area contributed by atoms with Crippen molar-refractivity contribution >= 4 is 27.1 Å². The fraction of sp³-hybridized carbons (Fsp3) is 0. The Hall–Kier alpha value is -2.68. The molecule has 0 heterocycles. The van der Waals surface area contributed by atoms with Crippen molar-refractivity contribution in [3.05, 3.63) is 58.4 Å². The van der Waals surface area contributed by atoms with E-state index in [0.29, 0.717) is 0 Å². The minimum atomic E-state index is -4.27. The van der Waals surface area contributed by atoms with Crippen LogP contribution in [0.3, 0.4) is 0 Å². The van der Waals surface area contributed by atoms with Crippen LogP contribution in [0.1, 0.15) is 0 Å². The molecule has 0 aliphatic heterocycles. The zero-order valence-electron chi connectivity index (χ0n) is 10.5. The predicted molar refractivity (Wildman–Crippen MR) is 74.7 cm³/mol. The minimum absolute atomic E-state index is 0.00133. The minimum Gasteiger partial charge on any atom is -0.397 e. The molecule has 7 nitrogen and oxygen atoms in total. The molecule has 21 heavy (non-hydrogen) atoms. The molecule has 110 valence electrons. The van der Waals surface area contributed by atoms with E-state index in [1.807, 2.05) is 4.72 Å². The average Bonchev–Trinajstić information content (AvgIpc) is 2.42. The molecule has 0 bridgehead atoms. The first-order chi connectivity index (χ1) is 9.81. The lowest BCUT2D eigenvalue weighted by Crippen LogP contribution is -2.15. The zero-order valence-corrected chi connectivity index (χ0v) is 11.3. The van der Waals surface area contributed by atoms with Crippen LogP contribution in [0, 0.1) is 15.9 Å². The number of anilines is 2. The second-order valence-corrected chi connectivity index (χ2v) is 5.71. The van der Waals surface area contributed by atoms with E-state index in [-0.39, 0.29) is 11.4 Å². The van der Waals surface area contributed by atoms with Gasteiger partial charge in [0.2, 0.25) is 0 Å². The SMILES string of the molecule is Nc1ccc(F)cc1NS(=O)(=O)c1ccccc1[N+](=O)[O-]. The van der Waals surface area contributed by atoms with Gasteiger partial charge in [0.05, 0.1) is 16.3 Å². The molecule has 3 N–H and O–H groups in total. The molecule has 0 aromatic heterocycles. The Kier molecular flexibility index (Phi) is 3.76. The van der Waals surface area contributed by atoms with E-state index < -0.39 is 31.3 Å². The van der Waals surface area contributed by atoms with Crippen LogP contribution in [0.5, 0.6) is 0 Å². The standard InChI is InChI=1S/C12H10FN3O4S/c13-8-5-6-9(14)10(7-8)15-21(19,20)12-4-2-1-3-11(12)16(17)18/h1-7,15H,14H2. The number of nitrogen functional groups attached to an aromatic ring is 1. The molecule has 9 heteroatoms. The number of nitro groups is 1. The molecule has 0 amide bonds. The van der Waals surface area contributed by atoms with Gasteiger partial charge in [0, 0.05) is 12.1 Å². The van der Waals surface area contributed by atoms with Crippen molar-refractivity contribution in [3.8, 4) is 0 Å². The van der Waals surface area contributed by atoms with Gasteiger partial charge in [-0.2, -0.15) is 0 Å². The van der Waals surface area contributed by atoms with Crippen LogP contribution >= 0.6 is 0 Å². The molecule has 2 aromatic rings. The van der Waals surface area contributed by atoms with E-state index in [0.717, 1.165) is 24.3 Å². The highest BCUT2D eigenvalue weighted by Gasteiger charge is 2.25. The third kappa shape index (κ3) is 3.08. The fourth-order valence-corrected chi connectivity index (χ4v) is 2.90. The molecule has 0 atom stereocenters. The van der Waals surface area contributed by atoms with Gasteiger partial charge >= 0.3 is 0 Å².